The van der Waals surface area contributed by atoms with Crippen LogP contribution in [0.25, 0.3) is 0 Å². The maximum Gasteiger partial charge on any atom is 0.0446 e. The van der Waals surface area contributed by atoms with Crippen molar-refractivity contribution in [3.05, 3.63) is 63.6 Å². The summed E-state index contributed by atoms with van der Waals surface area (Å²) in [5.41, 5.74) is 2.39. The Balaban J connectivity index is 2.10. The van der Waals surface area contributed by atoms with Crippen molar-refractivity contribution in [1.82, 2.24) is 5.32 Å². The van der Waals surface area contributed by atoms with Gasteiger partial charge in [-0.3, -0.25) is 0 Å². The van der Waals surface area contributed by atoms with E-state index in [2.05, 4.69) is 24.4 Å². The largest absolute Gasteiger partial charge is 0.313 e. The first-order valence-corrected chi connectivity index (χ1v) is 8.30. The molecule has 4 heteroatoms. The van der Waals surface area contributed by atoms with E-state index in [9.17, 15) is 0 Å². The van der Waals surface area contributed by atoms with E-state index >= 15 is 0 Å². The van der Waals surface area contributed by atoms with Crippen molar-refractivity contribution in [3.8, 4) is 0 Å². The van der Waals surface area contributed by atoms with Gasteiger partial charge in [0.1, 0.15) is 0 Å². The Morgan fingerprint density at radius 2 is 1.85 bits per heavy atom. The maximum atomic E-state index is 6.19. The van der Waals surface area contributed by atoms with Gasteiger partial charge >= 0.3 is 0 Å². The summed E-state index contributed by atoms with van der Waals surface area (Å²) in [6.45, 7) is 3.88. The van der Waals surface area contributed by atoms with E-state index in [-0.39, 0.29) is 0 Å². The molecular weight excluding hydrogens is 309 g/mol. The monoisotopic (exact) mass is 325 g/mol. The highest BCUT2D eigenvalue weighted by molar-refractivity contribution is 7.98. The highest BCUT2D eigenvalue weighted by Gasteiger charge is 2.06. The van der Waals surface area contributed by atoms with E-state index in [1.807, 2.05) is 30.3 Å². The highest BCUT2D eigenvalue weighted by atomic mass is 35.5. The number of nitrogens with one attached hydrogen (secondary N) is 1. The normalized spacial score (nSPS) is 10.8. The first kappa shape index (κ1) is 15.7. The molecule has 0 spiro atoms. The molecule has 1 N–H and O–H groups in total. The van der Waals surface area contributed by atoms with Crippen LogP contribution in [0.1, 0.15) is 18.1 Å². The first-order chi connectivity index (χ1) is 9.70. The van der Waals surface area contributed by atoms with Gasteiger partial charge in [0.25, 0.3) is 0 Å². The van der Waals surface area contributed by atoms with Crippen molar-refractivity contribution in [1.29, 1.82) is 0 Å². The Kier molecular flexibility index (Phi) is 6.24. The zero-order chi connectivity index (χ0) is 14.4. The highest BCUT2D eigenvalue weighted by Crippen LogP contribution is 2.30. The van der Waals surface area contributed by atoms with Gasteiger partial charge < -0.3 is 5.32 Å². The van der Waals surface area contributed by atoms with Crippen LogP contribution in [0.2, 0.25) is 10.0 Å². The number of thioether (sulfide) groups is 1. The average molecular weight is 326 g/mol. The van der Waals surface area contributed by atoms with E-state index in [1.54, 1.807) is 11.8 Å². The summed E-state index contributed by atoms with van der Waals surface area (Å²) in [6.07, 6.45) is 0. The molecule has 0 heterocycles. The second kappa shape index (κ2) is 7.94. The third kappa shape index (κ3) is 4.42. The second-order valence-electron chi connectivity index (χ2n) is 4.41. The van der Waals surface area contributed by atoms with Crippen LogP contribution in [0, 0.1) is 0 Å². The third-order valence-corrected chi connectivity index (χ3v) is 4.70. The molecule has 20 heavy (non-hydrogen) atoms. The molecule has 2 aromatic carbocycles. The molecule has 0 saturated heterocycles. The van der Waals surface area contributed by atoms with Crippen molar-refractivity contribution in [2.24, 2.45) is 0 Å². The number of benzene rings is 2. The summed E-state index contributed by atoms with van der Waals surface area (Å²) < 4.78 is 0. The van der Waals surface area contributed by atoms with Gasteiger partial charge in [0, 0.05) is 27.2 Å². The topological polar surface area (TPSA) is 12.0 Å². The predicted octanol–water partition coefficient (Wildman–Crippen LogP) is 5.40. The molecule has 0 fully saturated rings. The van der Waals surface area contributed by atoms with Gasteiger partial charge in [-0.05, 0) is 41.9 Å². The van der Waals surface area contributed by atoms with E-state index in [0.29, 0.717) is 0 Å². The fourth-order valence-corrected chi connectivity index (χ4v) is 3.38. The van der Waals surface area contributed by atoms with Gasteiger partial charge in [0.05, 0.1) is 0 Å². The molecule has 0 aliphatic rings. The molecule has 0 atom stereocenters. The van der Waals surface area contributed by atoms with Crippen molar-refractivity contribution in [2.45, 2.75) is 24.1 Å². The third-order valence-electron chi connectivity index (χ3n) is 2.93. The summed E-state index contributed by atoms with van der Waals surface area (Å²) in [6, 6.07) is 14.0. The van der Waals surface area contributed by atoms with Gasteiger partial charge in [0.15, 0.2) is 0 Å². The lowest BCUT2D eigenvalue weighted by Crippen LogP contribution is -2.12. The zero-order valence-electron chi connectivity index (χ0n) is 11.3. The van der Waals surface area contributed by atoms with Gasteiger partial charge in [-0.25, -0.2) is 0 Å². The molecule has 0 unspecified atom stereocenters. The average Bonchev–Trinajstić information content (AvgIpc) is 2.45. The minimum absolute atomic E-state index is 0.778. The van der Waals surface area contributed by atoms with Gasteiger partial charge in [-0.1, -0.05) is 48.3 Å². The quantitative estimate of drug-likeness (QED) is 0.714. The summed E-state index contributed by atoms with van der Waals surface area (Å²) in [4.78, 5) is 1.25. The van der Waals surface area contributed by atoms with E-state index in [4.69, 9.17) is 23.2 Å². The van der Waals surface area contributed by atoms with E-state index in [0.717, 1.165) is 34.5 Å². The molecule has 0 aromatic heterocycles. The summed E-state index contributed by atoms with van der Waals surface area (Å²) in [7, 11) is 0. The zero-order valence-corrected chi connectivity index (χ0v) is 13.7. The summed E-state index contributed by atoms with van der Waals surface area (Å²) in [5.74, 6) is 0.862. The standard InChI is InChI=1S/C16H17Cl2NS/c1-2-19-10-13-9-14(17)7-8-16(13)20-11-12-5-3-4-6-15(12)18/h3-9,19H,2,10-11H2,1H3. The second-order valence-corrected chi connectivity index (χ2v) is 6.27. The van der Waals surface area contributed by atoms with Crippen LogP contribution in [-0.2, 0) is 12.3 Å². The lowest BCUT2D eigenvalue weighted by molar-refractivity contribution is 0.718. The van der Waals surface area contributed by atoms with Crippen molar-refractivity contribution >= 4 is 35.0 Å². The van der Waals surface area contributed by atoms with Gasteiger partial charge in [-0.15, -0.1) is 11.8 Å². The SMILES string of the molecule is CCNCc1cc(Cl)ccc1SCc1ccccc1Cl. The first-order valence-electron chi connectivity index (χ1n) is 6.56. The molecule has 1 nitrogen and oxygen atoms in total. The molecule has 106 valence electrons. The van der Waals surface area contributed by atoms with Crippen LogP contribution >= 0.6 is 35.0 Å². The van der Waals surface area contributed by atoms with Crippen molar-refractivity contribution in [3.63, 3.8) is 0 Å². The summed E-state index contributed by atoms with van der Waals surface area (Å²) >= 11 is 14.1. The van der Waals surface area contributed by atoms with E-state index in [1.165, 1.54) is 10.5 Å². The lowest BCUT2D eigenvalue weighted by Gasteiger charge is -2.11. The van der Waals surface area contributed by atoms with Crippen molar-refractivity contribution in [2.75, 3.05) is 6.54 Å². The van der Waals surface area contributed by atoms with Crippen LogP contribution in [-0.4, -0.2) is 6.54 Å². The van der Waals surface area contributed by atoms with Crippen LogP contribution in [0.5, 0.6) is 0 Å². The van der Waals surface area contributed by atoms with Crippen LogP contribution in [0.4, 0.5) is 0 Å². The number of hydrogen-bond acceptors (Lipinski definition) is 2. The van der Waals surface area contributed by atoms with Crippen LogP contribution in [0.15, 0.2) is 47.4 Å². The van der Waals surface area contributed by atoms with Gasteiger partial charge in [0.2, 0.25) is 0 Å². The fourth-order valence-electron chi connectivity index (χ4n) is 1.86. The molecule has 2 rings (SSSR count). The minimum atomic E-state index is 0.778. The Morgan fingerprint density at radius 1 is 1.05 bits per heavy atom. The Morgan fingerprint density at radius 3 is 2.60 bits per heavy atom. The molecule has 0 aliphatic heterocycles. The smallest absolute Gasteiger partial charge is 0.0446 e. The van der Waals surface area contributed by atoms with Crippen LogP contribution in [0.3, 0.4) is 0 Å². The van der Waals surface area contributed by atoms with Crippen LogP contribution < -0.4 is 5.32 Å². The lowest BCUT2D eigenvalue weighted by atomic mass is 10.2. The van der Waals surface area contributed by atoms with E-state index < -0.39 is 0 Å². The minimum Gasteiger partial charge on any atom is -0.313 e. The molecule has 0 amide bonds. The molecular formula is C16H17Cl2NS. The molecule has 0 radical (unpaired) electrons. The summed E-state index contributed by atoms with van der Waals surface area (Å²) in [5, 5.41) is 4.94. The van der Waals surface area contributed by atoms with Gasteiger partial charge in [-0.2, -0.15) is 0 Å². The molecule has 2 aromatic rings. The fraction of sp³-hybridized carbons (Fsp3) is 0.250. The Bertz CT molecular complexity index is 572. The molecule has 0 aliphatic carbocycles. The molecule has 0 saturated carbocycles. The Labute approximate surface area is 134 Å². The maximum absolute atomic E-state index is 6.19. The number of halogens is 2. The molecule has 0 bridgehead atoms. The number of hydrogen-bond donors (Lipinski definition) is 1. The number of rotatable bonds is 6. The predicted molar refractivity (Wildman–Crippen MR) is 89.8 cm³/mol. The van der Waals surface area contributed by atoms with Crippen molar-refractivity contribution < 1.29 is 0 Å². The Hall–Kier alpha value is -0.670.